The molecule has 0 aliphatic carbocycles. The first kappa shape index (κ1) is 22.2. The number of hydrogen-bond acceptors (Lipinski definition) is 3. The van der Waals surface area contributed by atoms with Crippen molar-refractivity contribution in [1.29, 1.82) is 0 Å². The van der Waals surface area contributed by atoms with Gasteiger partial charge in [0.05, 0.1) is 11.3 Å². The Morgan fingerprint density at radius 3 is 2.17 bits per heavy atom. The van der Waals surface area contributed by atoms with Gasteiger partial charge < -0.3 is 4.90 Å². The van der Waals surface area contributed by atoms with E-state index in [9.17, 15) is 8.42 Å². The second-order valence-corrected chi connectivity index (χ2v) is 11.5. The Bertz CT molecular complexity index is 992. The highest BCUT2D eigenvalue weighted by Crippen LogP contribution is 2.41. The third-order valence-electron chi connectivity index (χ3n) is 6.11. The van der Waals surface area contributed by atoms with Gasteiger partial charge in [-0.15, -0.1) is 0 Å². The first-order valence-corrected chi connectivity index (χ1v) is 13.0. The van der Waals surface area contributed by atoms with Gasteiger partial charge in [-0.2, -0.15) is 0 Å². The Morgan fingerprint density at radius 2 is 1.50 bits per heavy atom. The zero-order chi connectivity index (χ0) is 21.3. The molecule has 2 unspecified atom stereocenters. The third kappa shape index (κ3) is 4.61. The molecule has 4 nitrogen and oxygen atoms in total. The number of benzene rings is 2. The lowest BCUT2D eigenvalue weighted by Crippen LogP contribution is -2.50. The minimum absolute atomic E-state index is 0.0243. The second kappa shape index (κ2) is 9.25. The monoisotopic (exact) mass is 486 g/mol. The fraction of sp³-hybridized carbons (Fsp3) is 0.455. The number of piperidine rings is 2. The molecule has 0 N–H and O–H groups in total. The molecular weight excluding hydrogens is 463 g/mol. The number of nitrogens with zero attached hydrogens (tertiary/aromatic N) is 2. The van der Waals surface area contributed by atoms with Crippen molar-refractivity contribution in [2.45, 2.75) is 43.4 Å². The van der Waals surface area contributed by atoms with Gasteiger partial charge in [-0.05, 0) is 67.6 Å². The molecule has 0 aromatic heterocycles. The van der Waals surface area contributed by atoms with Crippen LogP contribution >= 0.6 is 34.8 Å². The standard InChI is InChI=1S/C22H25Cl3N2O2S/c23-16-4-7-18(8-5-16)27-15-19(30(28,29)26-12-2-1-3-13-26)9-11-22(27)20-10-6-17(24)14-21(20)25/h4-8,10,14,19,22H,1-3,9,11-13,15H2. The van der Waals surface area contributed by atoms with Crippen molar-refractivity contribution in [3.05, 3.63) is 63.1 Å². The van der Waals surface area contributed by atoms with Gasteiger partial charge in [0, 0.05) is 40.4 Å². The molecule has 2 atom stereocenters. The topological polar surface area (TPSA) is 40.6 Å². The largest absolute Gasteiger partial charge is 0.363 e. The Kier molecular flexibility index (Phi) is 6.85. The van der Waals surface area contributed by atoms with Crippen molar-refractivity contribution in [2.75, 3.05) is 24.5 Å². The van der Waals surface area contributed by atoms with Crippen LogP contribution in [0.5, 0.6) is 0 Å². The minimum Gasteiger partial charge on any atom is -0.363 e. The summed E-state index contributed by atoms with van der Waals surface area (Å²) in [7, 11) is -3.35. The molecule has 2 saturated heterocycles. The Labute approximate surface area is 193 Å². The maximum atomic E-state index is 13.4. The van der Waals surface area contributed by atoms with Gasteiger partial charge in [0.1, 0.15) is 0 Å². The molecule has 0 amide bonds. The molecule has 30 heavy (non-hydrogen) atoms. The zero-order valence-corrected chi connectivity index (χ0v) is 19.7. The molecule has 8 heteroatoms. The number of hydrogen-bond donors (Lipinski definition) is 0. The van der Waals surface area contributed by atoms with Gasteiger partial charge in [0.15, 0.2) is 0 Å². The minimum atomic E-state index is -3.35. The van der Waals surface area contributed by atoms with Crippen molar-refractivity contribution in [3.8, 4) is 0 Å². The van der Waals surface area contributed by atoms with E-state index in [-0.39, 0.29) is 6.04 Å². The highest BCUT2D eigenvalue weighted by atomic mass is 35.5. The van der Waals surface area contributed by atoms with Crippen molar-refractivity contribution < 1.29 is 8.42 Å². The van der Waals surface area contributed by atoms with E-state index in [1.807, 2.05) is 36.4 Å². The van der Waals surface area contributed by atoms with Crippen LogP contribution in [0.4, 0.5) is 5.69 Å². The van der Waals surface area contributed by atoms with E-state index in [0.717, 1.165) is 30.5 Å². The summed E-state index contributed by atoms with van der Waals surface area (Å²) in [6.07, 6.45) is 4.28. The number of sulfonamides is 1. The Balaban J connectivity index is 1.67. The molecule has 0 bridgehead atoms. The molecular formula is C22H25Cl3N2O2S. The average Bonchev–Trinajstić information content (AvgIpc) is 2.75. The molecule has 4 rings (SSSR count). The van der Waals surface area contributed by atoms with Gasteiger partial charge in [-0.25, -0.2) is 12.7 Å². The number of halogens is 3. The van der Waals surface area contributed by atoms with E-state index in [0.29, 0.717) is 47.5 Å². The molecule has 162 valence electrons. The summed E-state index contributed by atoms with van der Waals surface area (Å²) in [6, 6.07) is 13.0. The molecule has 2 aromatic carbocycles. The predicted octanol–water partition coefficient (Wildman–Crippen LogP) is 6.17. The molecule has 0 saturated carbocycles. The number of rotatable bonds is 4. The van der Waals surface area contributed by atoms with Gasteiger partial charge in [0.25, 0.3) is 0 Å². The zero-order valence-electron chi connectivity index (χ0n) is 16.6. The lowest BCUT2D eigenvalue weighted by molar-refractivity contribution is 0.335. The van der Waals surface area contributed by atoms with Gasteiger partial charge in [0.2, 0.25) is 10.0 Å². The molecule has 2 aliphatic rings. The number of anilines is 1. The average molecular weight is 488 g/mol. The van der Waals surface area contributed by atoms with Crippen LogP contribution in [-0.4, -0.2) is 37.6 Å². The quantitative estimate of drug-likeness (QED) is 0.517. The fourth-order valence-corrected chi connectivity index (χ4v) is 7.16. The summed E-state index contributed by atoms with van der Waals surface area (Å²) >= 11 is 18.7. The van der Waals surface area contributed by atoms with Crippen LogP contribution in [0.15, 0.2) is 42.5 Å². The molecule has 2 aliphatic heterocycles. The van der Waals surface area contributed by atoms with E-state index >= 15 is 0 Å². The molecule has 2 aromatic rings. The SMILES string of the molecule is O=S(=O)(C1CCC(c2ccc(Cl)cc2Cl)N(c2ccc(Cl)cc2)C1)N1CCCCC1. The lowest BCUT2D eigenvalue weighted by Gasteiger charge is -2.43. The molecule has 0 radical (unpaired) electrons. The maximum absolute atomic E-state index is 13.4. The first-order valence-electron chi connectivity index (χ1n) is 10.3. The van der Waals surface area contributed by atoms with E-state index < -0.39 is 15.3 Å². The Hall–Kier alpha value is -0.980. The van der Waals surface area contributed by atoms with Crippen LogP contribution in [0, 0.1) is 0 Å². The van der Waals surface area contributed by atoms with Crippen molar-refractivity contribution >= 4 is 50.5 Å². The molecule has 2 heterocycles. The van der Waals surface area contributed by atoms with Crippen molar-refractivity contribution in [1.82, 2.24) is 4.31 Å². The maximum Gasteiger partial charge on any atom is 0.218 e. The summed E-state index contributed by atoms with van der Waals surface area (Å²) in [5, 5.41) is 1.40. The van der Waals surface area contributed by atoms with E-state index in [1.54, 1.807) is 10.4 Å². The first-order chi connectivity index (χ1) is 14.4. The van der Waals surface area contributed by atoms with E-state index in [1.165, 1.54) is 0 Å². The summed E-state index contributed by atoms with van der Waals surface area (Å²) < 4.78 is 28.4. The normalized spacial score (nSPS) is 23.5. The van der Waals surface area contributed by atoms with Crippen LogP contribution in [0.3, 0.4) is 0 Å². The van der Waals surface area contributed by atoms with Crippen LogP contribution in [0.25, 0.3) is 0 Å². The van der Waals surface area contributed by atoms with E-state index in [4.69, 9.17) is 34.8 Å². The summed E-state index contributed by atoms with van der Waals surface area (Å²) in [5.74, 6) is 0. The fourth-order valence-electron chi connectivity index (χ4n) is 4.52. The molecule has 2 fully saturated rings. The van der Waals surface area contributed by atoms with Crippen molar-refractivity contribution in [2.24, 2.45) is 0 Å². The Morgan fingerprint density at radius 1 is 0.833 bits per heavy atom. The smallest absolute Gasteiger partial charge is 0.218 e. The van der Waals surface area contributed by atoms with Crippen molar-refractivity contribution in [3.63, 3.8) is 0 Å². The summed E-state index contributed by atoms with van der Waals surface area (Å²) in [4.78, 5) is 2.15. The van der Waals surface area contributed by atoms with E-state index in [2.05, 4.69) is 4.90 Å². The van der Waals surface area contributed by atoms with Crippen LogP contribution in [-0.2, 0) is 10.0 Å². The highest BCUT2D eigenvalue weighted by Gasteiger charge is 2.40. The highest BCUT2D eigenvalue weighted by molar-refractivity contribution is 7.89. The van der Waals surface area contributed by atoms with Gasteiger partial charge in [-0.1, -0.05) is 47.3 Å². The van der Waals surface area contributed by atoms with Crippen LogP contribution in [0.2, 0.25) is 15.1 Å². The predicted molar refractivity (Wildman–Crippen MR) is 125 cm³/mol. The summed E-state index contributed by atoms with van der Waals surface area (Å²) in [5.41, 5.74) is 1.90. The summed E-state index contributed by atoms with van der Waals surface area (Å²) in [6.45, 7) is 1.68. The molecule has 0 spiro atoms. The van der Waals surface area contributed by atoms with Crippen LogP contribution < -0.4 is 4.90 Å². The lowest BCUT2D eigenvalue weighted by atomic mass is 9.94. The van der Waals surface area contributed by atoms with Gasteiger partial charge in [-0.3, -0.25) is 0 Å². The third-order valence-corrected chi connectivity index (χ3v) is 9.24. The second-order valence-electron chi connectivity index (χ2n) is 8.01. The van der Waals surface area contributed by atoms with Gasteiger partial charge >= 0.3 is 0 Å². The van der Waals surface area contributed by atoms with Crippen LogP contribution in [0.1, 0.15) is 43.7 Å².